The van der Waals surface area contributed by atoms with Crippen LogP contribution in [0, 0.1) is 0 Å². The molecule has 1 fully saturated rings. The van der Waals surface area contributed by atoms with Crippen LogP contribution < -0.4 is 0 Å². The van der Waals surface area contributed by atoms with E-state index in [0.29, 0.717) is 6.42 Å². The first-order valence-electron chi connectivity index (χ1n) is 3.70. The van der Waals surface area contributed by atoms with E-state index in [1.165, 1.54) is 0 Å². The summed E-state index contributed by atoms with van der Waals surface area (Å²) < 4.78 is -1.37. The van der Waals surface area contributed by atoms with E-state index >= 15 is 0 Å². The number of rotatable bonds is 1. The van der Waals surface area contributed by atoms with Crippen LogP contribution >= 0.6 is 47.8 Å². The van der Waals surface area contributed by atoms with Gasteiger partial charge in [0.2, 0.25) is 0 Å². The van der Waals surface area contributed by atoms with Crippen molar-refractivity contribution in [3.8, 4) is 0 Å². The lowest BCUT2D eigenvalue weighted by Gasteiger charge is -2.39. The smallest absolute Gasteiger partial charge is 0.322 e. The Hall–Kier alpha value is 0.910. The van der Waals surface area contributed by atoms with Crippen LogP contribution in [-0.2, 0) is 4.79 Å². The van der Waals surface area contributed by atoms with Gasteiger partial charge in [0.05, 0.1) is 0 Å². The summed E-state index contributed by atoms with van der Waals surface area (Å²) in [6, 6.07) is 0. The van der Waals surface area contributed by atoms with Gasteiger partial charge in [-0.05, 0) is 12.8 Å². The van der Waals surface area contributed by atoms with E-state index in [2.05, 4.69) is 47.8 Å². The summed E-state index contributed by atoms with van der Waals surface area (Å²) in [6.07, 6.45) is 3.48. The van der Waals surface area contributed by atoms with Crippen molar-refractivity contribution in [1.82, 2.24) is 0 Å². The highest BCUT2D eigenvalue weighted by Crippen LogP contribution is 2.53. The SMILES string of the molecule is O=C(O)C1(Br)CCCCC1(Br)Br. The molecule has 1 rings (SSSR count). The molecule has 0 spiro atoms. The molecule has 5 heteroatoms. The fraction of sp³-hybridized carbons (Fsp3) is 0.857. The van der Waals surface area contributed by atoms with Crippen LogP contribution in [0.15, 0.2) is 0 Å². The van der Waals surface area contributed by atoms with Gasteiger partial charge in [-0.25, -0.2) is 0 Å². The predicted octanol–water partition coefficient (Wildman–Crippen LogP) is 3.26. The van der Waals surface area contributed by atoms with Crippen LogP contribution in [0.1, 0.15) is 25.7 Å². The zero-order valence-electron chi connectivity index (χ0n) is 6.32. The molecule has 0 amide bonds. The highest BCUT2D eigenvalue weighted by atomic mass is 79.9. The van der Waals surface area contributed by atoms with Gasteiger partial charge in [-0.1, -0.05) is 60.6 Å². The van der Waals surface area contributed by atoms with Gasteiger partial charge in [0, 0.05) is 0 Å². The molecule has 1 aliphatic carbocycles. The van der Waals surface area contributed by atoms with E-state index in [1.54, 1.807) is 0 Å². The van der Waals surface area contributed by atoms with Crippen molar-refractivity contribution in [2.75, 3.05) is 0 Å². The molecule has 0 aliphatic heterocycles. The monoisotopic (exact) mass is 362 g/mol. The minimum atomic E-state index is -0.863. The van der Waals surface area contributed by atoms with Crippen molar-refractivity contribution >= 4 is 53.8 Å². The highest BCUT2D eigenvalue weighted by Gasteiger charge is 2.53. The fourth-order valence-electron chi connectivity index (χ4n) is 1.36. The largest absolute Gasteiger partial charge is 0.480 e. The predicted molar refractivity (Wildman–Crippen MR) is 58.3 cm³/mol. The van der Waals surface area contributed by atoms with Gasteiger partial charge in [0.15, 0.2) is 0 Å². The standard InChI is InChI=1S/C7H9Br3O2/c8-6(5(11)12)3-1-2-4-7(6,9)10/h1-4H2,(H,11,12). The molecule has 1 N–H and O–H groups in total. The second kappa shape index (κ2) is 3.58. The Bertz CT molecular complexity index is 205. The number of carboxylic acids is 1. The normalized spacial score (nSPS) is 34.6. The number of alkyl halides is 3. The molecule has 0 radical (unpaired) electrons. The van der Waals surface area contributed by atoms with E-state index in [9.17, 15) is 4.79 Å². The van der Waals surface area contributed by atoms with Gasteiger partial charge in [-0.15, -0.1) is 0 Å². The molecule has 0 saturated heterocycles. The van der Waals surface area contributed by atoms with Gasteiger partial charge in [0.1, 0.15) is 7.56 Å². The summed E-state index contributed by atoms with van der Waals surface area (Å²) in [4.78, 5) is 11.0. The maximum absolute atomic E-state index is 11.0. The zero-order chi connectivity index (χ0) is 9.41. The highest BCUT2D eigenvalue weighted by molar-refractivity contribution is 9.26. The Kier molecular flexibility index (Phi) is 3.27. The number of carbonyl (C=O) groups is 1. The maximum atomic E-state index is 11.0. The molecule has 0 aromatic carbocycles. The fourth-order valence-corrected chi connectivity index (χ4v) is 3.14. The second-order valence-corrected chi connectivity index (χ2v) is 8.14. The molecule has 2 nitrogen and oxygen atoms in total. The Labute approximate surface area is 96.5 Å². The third-order valence-electron chi connectivity index (χ3n) is 2.18. The quantitative estimate of drug-likeness (QED) is 0.725. The Morgan fingerprint density at radius 3 is 2.00 bits per heavy atom. The topological polar surface area (TPSA) is 37.3 Å². The van der Waals surface area contributed by atoms with Crippen LogP contribution in [0.3, 0.4) is 0 Å². The molecule has 0 heterocycles. The van der Waals surface area contributed by atoms with Gasteiger partial charge in [-0.3, -0.25) is 4.79 Å². The van der Waals surface area contributed by atoms with Crippen LogP contribution in [0.4, 0.5) is 0 Å². The van der Waals surface area contributed by atoms with E-state index in [0.717, 1.165) is 19.3 Å². The lowest BCUT2D eigenvalue weighted by molar-refractivity contribution is -0.140. The molecule has 70 valence electrons. The van der Waals surface area contributed by atoms with Crippen molar-refractivity contribution in [2.45, 2.75) is 33.2 Å². The summed E-state index contributed by atoms with van der Waals surface area (Å²) >= 11 is 10.1. The number of halogens is 3. The van der Waals surface area contributed by atoms with Crippen LogP contribution in [-0.4, -0.2) is 18.6 Å². The summed E-state index contributed by atoms with van der Waals surface area (Å²) in [5, 5.41) is 9.03. The third-order valence-corrected chi connectivity index (χ3v) is 6.80. The van der Waals surface area contributed by atoms with Crippen LogP contribution in [0.25, 0.3) is 0 Å². The molecule has 1 saturated carbocycles. The van der Waals surface area contributed by atoms with Crippen LogP contribution in [0.5, 0.6) is 0 Å². The van der Waals surface area contributed by atoms with Gasteiger partial charge < -0.3 is 5.11 Å². The molecular weight excluding hydrogens is 356 g/mol. The van der Waals surface area contributed by atoms with Crippen molar-refractivity contribution < 1.29 is 9.90 Å². The number of hydrogen-bond donors (Lipinski definition) is 1. The first-order valence-corrected chi connectivity index (χ1v) is 6.08. The molecular formula is C7H9Br3O2. The number of aliphatic carboxylic acids is 1. The van der Waals surface area contributed by atoms with E-state index < -0.39 is 13.5 Å². The summed E-state index contributed by atoms with van der Waals surface area (Å²) in [5.74, 6) is -0.809. The summed E-state index contributed by atoms with van der Waals surface area (Å²) in [6.45, 7) is 0. The van der Waals surface area contributed by atoms with Crippen molar-refractivity contribution in [3.05, 3.63) is 0 Å². The van der Waals surface area contributed by atoms with Gasteiger partial charge in [-0.2, -0.15) is 0 Å². The van der Waals surface area contributed by atoms with Crippen molar-refractivity contribution in [2.24, 2.45) is 0 Å². The summed E-state index contributed by atoms with van der Waals surface area (Å²) in [7, 11) is 0. The Morgan fingerprint density at radius 2 is 1.67 bits per heavy atom. The zero-order valence-corrected chi connectivity index (χ0v) is 11.1. The Balaban J connectivity index is 2.91. The van der Waals surface area contributed by atoms with Crippen molar-refractivity contribution in [3.63, 3.8) is 0 Å². The molecule has 0 aromatic heterocycles. The maximum Gasteiger partial charge on any atom is 0.322 e. The van der Waals surface area contributed by atoms with Crippen molar-refractivity contribution in [1.29, 1.82) is 0 Å². The first kappa shape index (κ1) is 11.0. The first-order chi connectivity index (χ1) is 5.40. The lowest BCUT2D eigenvalue weighted by Crippen LogP contribution is -2.49. The second-order valence-electron chi connectivity index (χ2n) is 3.02. The average molecular weight is 365 g/mol. The molecule has 0 bridgehead atoms. The molecule has 0 aromatic rings. The van der Waals surface area contributed by atoms with Crippen LogP contribution in [0.2, 0.25) is 0 Å². The number of carboxylic acid groups (broad SMARTS) is 1. The Morgan fingerprint density at radius 1 is 1.17 bits per heavy atom. The minimum absolute atomic E-state index is 0.503. The van der Waals surface area contributed by atoms with E-state index in [1.807, 2.05) is 0 Å². The molecule has 12 heavy (non-hydrogen) atoms. The lowest BCUT2D eigenvalue weighted by atomic mass is 9.89. The minimum Gasteiger partial charge on any atom is -0.480 e. The third kappa shape index (κ3) is 1.73. The molecule has 1 aliphatic rings. The van der Waals surface area contributed by atoms with E-state index in [4.69, 9.17) is 5.11 Å². The van der Waals surface area contributed by atoms with Gasteiger partial charge in [0.25, 0.3) is 0 Å². The molecule has 1 atom stereocenters. The molecule has 1 unspecified atom stereocenters. The van der Waals surface area contributed by atoms with E-state index in [-0.39, 0.29) is 0 Å². The summed E-state index contributed by atoms with van der Waals surface area (Å²) in [5.41, 5.74) is 0. The average Bonchev–Trinajstić information content (AvgIpc) is 1.95. The number of hydrogen-bond acceptors (Lipinski definition) is 1. The van der Waals surface area contributed by atoms with Gasteiger partial charge >= 0.3 is 5.97 Å².